The number of H-pyrrole nitrogens is 1. The average molecular weight is 508 g/mol. The number of piperazine rings is 1. The summed E-state index contributed by atoms with van der Waals surface area (Å²) in [4.78, 5) is 24.2. The van der Waals surface area contributed by atoms with Gasteiger partial charge in [0.25, 0.3) is 0 Å². The second-order valence-corrected chi connectivity index (χ2v) is 10.6. The molecule has 37 heavy (non-hydrogen) atoms. The number of aromatic nitrogens is 5. The van der Waals surface area contributed by atoms with Gasteiger partial charge in [-0.3, -0.25) is 4.98 Å². The van der Waals surface area contributed by atoms with Gasteiger partial charge in [-0.2, -0.15) is 13.2 Å². The second-order valence-electron chi connectivity index (χ2n) is 10.6. The molecule has 0 spiro atoms. The number of rotatable bonds is 4. The number of nitrogens with zero attached hydrogens (tertiary/aromatic N) is 5. The average Bonchev–Trinajstić information content (AvgIpc) is 3.25. The first-order chi connectivity index (χ1) is 17.9. The van der Waals surface area contributed by atoms with E-state index in [1.165, 1.54) is 12.0 Å². The van der Waals surface area contributed by atoms with Crippen molar-refractivity contribution in [2.45, 2.75) is 56.0 Å². The molecule has 0 aromatic carbocycles. The van der Waals surface area contributed by atoms with Gasteiger partial charge in [0.15, 0.2) is 5.82 Å². The zero-order valence-electron chi connectivity index (χ0n) is 20.4. The Labute approximate surface area is 211 Å². The summed E-state index contributed by atoms with van der Waals surface area (Å²) in [6.07, 6.45) is 5.28. The summed E-state index contributed by atoms with van der Waals surface area (Å²) < 4.78 is 42.2. The Bertz CT molecular complexity index is 1480. The molecule has 0 atom stereocenters. The molecule has 7 nitrogen and oxygen atoms in total. The molecule has 1 saturated heterocycles. The highest BCUT2D eigenvalue weighted by molar-refractivity contribution is 5.97. The summed E-state index contributed by atoms with van der Waals surface area (Å²) >= 11 is 0. The highest BCUT2D eigenvalue weighted by Crippen LogP contribution is 2.54. The third-order valence-corrected chi connectivity index (χ3v) is 8.62. The zero-order valence-corrected chi connectivity index (χ0v) is 20.4. The fourth-order valence-electron chi connectivity index (χ4n) is 6.06. The summed E-state index contributed by atoms with van der Waals surface area (Å²) in [6, 6.07) is 3.41. The van der Waals surface area contributed by atoms with Crippen molar-refractivity contribution >= 4 is 27.8 Å². The van der Waals surface area contributed by atoms with Crippen LogP contribution in [0.15, 0.2) is 30.7 Å². The maximum Gasteiger partial charge on any atom is 0.399 e. The first-order valence-electron chi connectivity index (χ1n) is 13.1. The maximum absolute atomic E-state index is 14.1. The van der Waals surface area contributed by atoms with Gasteiger partial charge in [0.1, 0.15) is 16.9 Å². The van der Waals surface area contributed by atoms with Crippen molar-refractivity contribution in [2.75, 3.05) is 31.1 Å². The van der Waals surface area contributed by atoms with Gasteiger partial charge in [-0.05, 0) is 49.3 Å². The van der Waals surface area contributed by atoms with Crippen LogP contribution in [-0.2, 0) is 5.41 Å². The Morgan fingerprint density at radius 2 is 1.84 bits per heavy atom. The van der Waals surface area contributed by atoms with Crippen LogP contribution in [0.2, 0.25) is 0 Å². The fourth-order valence-corrected chi connectivity index (χ4v) is 6.06. The highest BCUT2D eigenvalue weighted by atomic mass is 19.4. The molecular formula is C27H28F3N7. The summed E-state index contributed by atoms with van der Waals surface area (Å²) in [7, 11) is 0. The van der Waals surface area contributed by atoms with Crippen LogP contribution in [-0.4, -0.2) is 57.3 Å². The van der Waals surface area contributed by atoms with E-state index in [-0.39, 0.29) is 18.5 Å². The minimum atomic E-state index is -4.31. The Hall–Kier alpha value is -3.27. The smallest absolute Gasteiger partial charge is 0.353 e. The zero-order chi connectivity index (χ0) is 25.2. The molecule has 2 saturated carbocycles. The van der Waals surface area contributed by atoms with Gasteiger partial charge in [0.2, 0.25) is 0 Å². The SMILES string of the molecule is FC(F)(F)C1(c2cc3c(-c4nc(N5CCNCC5)c5c(C6CCC6)cncc5n4)ccnc3[nH]2)CCC1. The highest BCUT2D eigenvalue weighted by Gasteiger charge is 2.60. The molecule has 4 aromatic heterocycles. The quantitative estimate of drug-likeness (QED) is 0.394. The number of pyridine rings is 2. The Morgan fingerprint density at radius 1 is 1.03 bits per heavy atom. The van der Waals surface area contributed by atoms with E-state index in [9.17, 15) is 13.2 Å². The number of fused-ring (bicyclic) bond motifs is 2. The molecule has 4 aromatic rings. The number of halogens is 3. The van der Waals surface area contributed by atoms with Crippen molar-refractivity contribution in [3.8, 4) is 11.4 Å². The molecular weight excluding hydrogens is 479 g/mol. The fraction of sp³-hybridized carbons (Fsp3) is 0.481. The molecule has 5 heterocycles. The number of hydrogen-bond acceptors (Lipinski definition) is 6. The Kier molecular flexibility index (Phi) is 5.18. The van der Waals surface area contributed by atoms with E-state index in [4.69, 9.17) is 9.97 Å². The van der Waals surface area contributed by atoms with Gasteiger partial charge in [-0.15, -0.1) is 0 Å². The van der Waals surface area contributed by atoms with E-state index >= 15 is 0 Å². The summed E-state index contributed by atoms with van der Waals surface area (Å²) in [6.45, 7) is 3.38. The predicted octanol–water partition coefficient (Wildman–Crippen LogP) is 5.23. The molecule has 1 aliphatic heterocycles. The van der Waals surface area contributed by atoms with Crippen molar-refractivity contribution in [1.29, 1.82) is 0 Å². The third-order valence-electron chi connectivity index (χ3n) is 8.62. The van der Waals surface area contributed by atoms with E-state index in [0.29, 0.717) is 34.8 Å². The maximum atomic E-state index is 14.1. The second kappa shape index (κ2) is 8.37. The predicted molar refractivity (Wildman–Crippen MR) is 136 cm³/mol. The third kappa shape index (κ3) is 3.52. The standard InChI is InChI=1S/C27H28F3N7/c28-27(29,30)26(6-2-7-26)21-13-18-17(5-8-33-23(18)35-21)24-34-20-15-32-14-19(16-3-1-4-16)22(20)25(36-24)37-11-9-31-10-12-37/h5,8,13-16,31H,1-4,6-7,9-12H2,(H,33,35). The van der Waals surface area contributed by atoms with E-state index in [1.807, 2.05) is 6.20 Å². The van der Waals surface area contributed by atoms with Gasteiger partial charge in [0.05, 0.1) is 11.7 Å². The largest absolute Gasteiger partial charge is 0.399 e. The summed E-state index contributed by atoms with van der Waals surface area (Å²) in [5.41, 5.74) is 1.42. The molecule has 0 unspecified atom stereocenters. The minimum Gasteiger partial charge on any atom is -0.353 e. The molecule has 192 valence electrons. The van der Waals surface area contributed by atoms with Gasteiger partial charge < -0.3 is 15.2 Å². The molecule has 0 bridgehead atoms. The van der Waals surface area contributed by atoms with Crippen LogP contribution in [0.4, 0.5) is 19.0 Å². The first-order valence-corrected chi connectivity index (χ1v) is 13.1. The van der Waals surface area contributed by atoms with Crippen molar-refractivity contribution in [2.24, 2.45) is 0 Å². The Morgan fingerprint density at radius 3 is 2.51 bits per heavy atom. The van der Waals surface area contributed by atoms with Crippen LogP contribution in [0.25, 0.3) is 33.3 Å². The number of aromatic amines is 1. The van der Waals surface area contributed by atoms with Crippen LogP contribution in [0.5, 0.6) is 0 Å². The van der Waals surface area contributed by atoms with E-state index < -0.39 is 11.6 Å². The topological polar surface area (TPSA) is 82.6 Å². The van der Waals surface area contributed by atoms with Gasteiger partial charge in [0, 0.05) is 60.6 Å². The van der Waals surface area contributed by atoms with Crippen molar-refractivity contribution in [3.05, 3.63) is 42.0 Å². The molecule has 2 aliphatic carbocycles. The molecule has 3 fully saturated rings. The van der Waals surface area contributed by atoms with E-state index in [0.717, 1.165) is 55.7 Å². The van der Waals surface area contributed by atoms with Crippen LogP contribution in [0.3, 0.4) is 0 Å². The number of nitrogens with one attached hydrogen (secondary N) is 2. The van der Waals surface area contributed by atoms with Gasteiger partial charge in [-0.1, -0.05) is 12.8 Å². The van der Waals surface area contributed by atoms with Crippen LogP contribution < -0.4 is 10.2 Å². The van der Waals surface area contributed by atoms with Crippen molar-refractivity contribution in [1.82, 2.24) is 30.2 Å². The molecule has 0 amide bonds. The number of anilines is 1. The lowest BCUT2D eigenvalue weighted by atomic mass is 9.66. The van der Waals surface area contributed by atoms with Crippen LogP contribution in [0, 0.1) is 0 Å². The van der Waals surface area contributed by atoms with Gasteiger partial charge in [-0.25, -0.2) is 15.0 Å². The van der Waals surface area contributed by atoms with Crippen LogP contribution in [0.1, 0.15) is 55.7 Å². The van der Waals surface area contributed by atoms with E-state index in [2.05, 4.69) is 25.2 Å². The van der Waals surface area contributed by atoms with Gasteiger partial charge >= 0.3 is 6.18 Å². The van der Waals surface area contributed by atoms with Crippen LogP contribution >= 0.6 is 0 Å². The van der Waals surface area contributed by atoms with Crippen molar-refractivity contribution in [3.63, 3.8) is 0 Å². The molecule has 2 N–H and O–H groups in total. The first kappa shape index (κ1) is 22.9. The van der Waals surface area contributed by atoms with E-state index in [1.54, 1.807) is 24.5 Å². The number of alkyl halides is 3. The summed E-state index contributed by atoms with van der Waals surface area (Å²) in [5, 5.41) is 5.07. The van der Waals surface area contributed by atoms with Crippen molar-refractivity contribution < 1.29 is 13.2 Å². The lowest BCUT2D eigenvalue weighted by molar-refractivity contribution is -0.213. The number of hydrogen-bond donors (Lipinski definition) is 2. The Balaban J connectivity index is 1.41. The monoisotopic (exact) mass is 507 g/mol. The summed E-state index contributed by atoms with van der Waals surface area (Å²) in [5.74, 6) is 1.84. The minimum absolute atomic E-state index is 0.0912. The molecule has 3 aliphatic rings. The molecule has 10 heteroatoms. The lowest BCUT2D eigenvalue weighted by Crippen LogP contribution is -2.48. The molecule has 7 rings (SSSR count). The molecule has 0 radical (unpaired) electrons. The lowest BCUT2D eigenvalue weighted by Gasteiger charge is -2.42. The normalized spacial score (nSPS) is 20.2.